The van der Waals surface area contributed by atoms with Crippen LogP contribution in [0.4, 0.5) is 5.69 Å². The second kappa shape index (κ2) is 9.99. The highest BCUT2D eigenvalue weighted by molar-refractivity contribution is 7.92. The van der Waals surface area contributed by atoms with Gasteiger partial charge in [0.1, 0.15) is 6.54 Å². The molecule has 1 N–H and O–H groups in total. The van der Waals surface area contributed by atoms with Gasteiger partial charge in [-0.05, 0) is 68.8 Å². The van der Waals surface area contributed by atoms with Gasteiger partial charge < -0.3 is 4.57 Å². The van der Waals surface area contributed by atoms with Gasteiger partial charge in [0.15, 0.2) is 0 Å². The van der Waals surface area contributed by atoms with Crippen molar-refractivity contribution < 1.29 is 13.2 Å². The van der Waals surface area contributed by atoms with E-state index < -0.39 is 22.5 Å². The van der Waals surface area contributed by atoms with Crippen molar-refractivity contribution in [3.8, 4) is 5.69 Å². The number of nitrogens with one attached hydrogen (secondary N) is 1. The quantitative estimate of drug-likeness (QED) is 0.374. The number of anilines is 1. The van der Waals surface area contributed by atoms with Crippen molar-refractivity contribution in [2.45, 2.75) is 20.8 Å². The van der Waals surface area contributed by atoms with Gasteiger partial charge in [-0.2, -0.15) is 5.10 Å². The number of amides is 1. The summed E-state index contributed by atoms with van der Waals surface area (Å²) in [5.74, 6) is -0.583. The Hall–Kier alpha value is -2.81. The Bertz CT molecular complexity index is 1320. The Balaban J connectivity index is 1.74. The van der Waals surface area contributed by atoms with E-state index in [1.807, 2.05) is 55.7 Å². The van der Waals surface area contributed by atoms with Crippen molar-refractivity contribution in [1.82, 2.24) is 9.99 Å². The van der Waals surface area contributed by atoms with Gasteiger partial charge in [0.2, 0.25) is 10.0 Å². The molecule has 3 rings (SSSR count). The van der Waals surface area contributed by atoms with E-state index in [1.165, 1.54) is 12.3 Å². The molecule has 0 radical (unpaired) electrons. The molecule has 0 saturated heterocycles. The number of halogens is 2. The van der Waals surface area contributed by atoms with E-state index in [4.69, 9.17) is 23.2 Å². The number of rotatable bonds is 7. The maximum Gasteiger partial charge on any atom is 0.260 e. The molecule has 7 nitrogen and oxygen atoms in total. The largest absolute Gasteiger partial charge is 0.318 e. The minimum absolute atomic E-state index is 0.304. The van der Waals surface area contributed by atoms with E-state index in [-0.39, 0.29) is 0 Å². The van der Waals surface area contributed by atoms with Gasteiger partial charge in [-0.1, -0.05) is 29.3 Å². The zero-order chi connectivity index (χ0) is 24.3. The molecule has 174 valence electrons. The number of hydrogen-bond donors (Lipinski definition) is 1. The molecule has 33 heavy (non-hydrogen) atoms. The molecule has 0 aliphatic carbocycles. The summed E-state index contributed by atoms with van der Waals surface area (Å²) < 4.78 is 27.5. The van der Waals surface area contributed by atoms with E-state index in [0.29, 0.717) is 15.7 Å². The molecule has 0 fully saturated rings. The van der Waals surface area contributed by atoms with Gasteiger partial charge in [0, 0.05) is 32.7 Å². The van der Waals surface area contributed by atoms with Crippen LogP contribution in [0, 0.1) is 20.8 Å². The average molecular weight is 507 g/mol. The zero-order valence-corrected chi connectivity index (χ0v) is 21.0. The Kier molecular flexibility index (Phi) is 7.51. The lowest BCUT2D eigenvalue weighted by Gasteiger charge is -2.21. The maximum absolute atomic E-state index is 12.4. The summed E-state index contributed by atoms with van der Waals surface area (Å²) in [4.78, 5) is 12.4. The monoisotopic (exact) mass is 506 g/mol. The lowest BCUT2D eigenvalue weighted by molar-refractivity contribution is -0.119. The highest BCUT2D eigenvalue weighted by Gasteiger charge is 2.21. The Labute approximate surface area is 203 Å². The number of carbonyl (C=O) groups excluding carboxylic acids is 1. The number of benzene rings is 2. The summed E-state index contributed by atoms with van der Waals surface area (Å²) >= 11 is 12.1. The highest BCUT2D eigenvalue weighted by atomic mass is 35.5. The molecule has 0 spiro atoms. The zero-order valence-electron chi connectivity index (χ0n) is 18.6. The fourth-order valence-electron chi connectivity index (χ4n) is 3.38. The summed E-state index contributed by atoms with van der Waals surface area (Å²) in [5, 5.41) is 5.09. The van der Waals surface area contributed by atoms with Crippen molar-refractivity contribution in [3.63, 3.8) is 0 Å². The lowest BCUT2D eigenvalue weighted by Crippen LogP contribution is -2.39. The van der Waals surface area contributed by atoms with Gasteiger partial charge in [-0.3, -0.25) is 9.10 Å². The van der Waals surface area contributed by atoms with Gasteiger partial charge in [0.25, 0.3) is 5.91 Å². The molecule has 0 saturated carbocycles. The molecule has 10 heteroatoms. The fourth-order valence-corrected chi connectivity index (χ4v) is 4.53. The number of sulfonamides is 1. The van der Waals surface area contributed by atoms with E-state index in [9.17, 15) is 13.2 Å². The molecule has 3 aromatic rings. The molecule has 1 heterocycles. The standard InChI is InChI=1S/C23H24Cl2N4O3S/c1-15-5-8-21(12-22(15)25)28(33(4,31)32)14-23(30)27-26-13-18-11-16(2)29(17(18)3)20-9-6-19(24)7-10-20/h5-13H,14H2,1-4H3,(H,27,30)/b26-13-. The van der Waals surface area contributed by atoms with Crippen LogP contribution in [-0.2, 0) is 14.8 Å². The van der Waals surface area contributed by atoms with Crippen LogP contribution in [0.2, 0.25) is 10.0 Å². The number of aryl methyl sites for hydroxylation is 2. The number of hydrogen-bond acceptors (Lipinski definition) is 4. The van der Waals surface area contributed by atoms with E-state index >= 15 is 0 Å². The summed E-state index contributed by atoms with van der Waals surface area (Å²) in [5.41, 5.74) is 7.20. The van der Waals surface area contributed by atoms with Crippen LogP contribution < -0.4 is 9.73 Å². The van der Waals surface area contributed by atoms with Gasteiger partial charge in [-0.25, -0.2) is 13.8 Å². The minimum Gasteiger partial charge on any atom is -0.318 e. The number of hydrazone groups is 1. The Morgan fingerprint density at radius 1 is 1.09 bits per heavy atom. The molecule has 0 atom stereocenters. The molecule has 0 aliphatic rings. The molecule has 0 unspecified atom stereocenters. The average Bonchev–Trinajstić information content (AvgIpc) is 3.01. The second-order valence-corrected chi connectivity index (χ2v) is 10.4. The van der Waals surface area contributed by atoms with Gasteiger partial charge >= 0.3 is 0 Å². The summed E-state index contributed by atoms with van der Waals surface area (Å²) in [6.45, 7) is 5.28. The molecule has 0 aliphatic heterocycles. The van der Waals surface area contributed by atoms with Gasteiger partial charge in [0.05, 0.1) is 18.2 Å². The predicted octanol–water partition coefficient (Wildman–Crippen LogP) is 4.63. The topological polar surface area (TPSA) is 83.8 Å². The lowest BCUT2D eigenvalue weighted by atomic mass is 10.2. The maximum atomic E-state index is 12.4. The second-order valence-electron chi connectivity index (χ2n) is 7.63. The smallest absolute Gasteiger partial charge is 0.260 e. The van der Waals surface area contributed by atoms with Crippen LogP contribution in [0.1, 0.15) is 22.5 Å². The van der Waals surface area contributed by atoms with E-state index in [0.717, 1.165) is 38.8 Å². The van der Waals surface area contributed by atoms with E-state index in [1.54, 1.807) is 12.1 Å². The third-order valence-electron chi connectivity index (χ3n) is 5.08. The van der Waals surface area contributed by atoms with Crippen molar-refractivity contribution in [2.75, 3.05) is 17.1 Å². The summed E-state index contributed by atoms with van der Waals surface area (Å²) in [7, 11) is -3.71. The van der Waals surface area contributed by atoms with Crippen molar-refractivity contribution in [3.05, 3.63) is 81.1 Å². The molecular weight excluding hydrogens is 483 g/mol. The normalized spacial score (nSPS) is 11.7. The Morgan fingerprint density at radius 2 is 1.76 bits per heavy atom. The van der Waals surface area contributed by atoms with Gasteiger partial charge in [-0.15, -0.1) is 0 Å². The molecule has 1 aromatic heterocycles. The first kappa shape index (κ1) is 24.8. The first-order chi connectivity index (χ1) is 15.5. The third kappa shape index (κ3) is 5.96. The third-order valence-corrected chi connectivity index (χ3v) is 6.88. The van der Waals surface area contributed by atoms with Crippen LogP contribution in [0.3, 0.4) is 0 Å². The van der Waals surface area contributed by atoms with Crippen LogP contribution in [0.5, 0.6) is 0 Å². The van der Waals surface area contributed by atoms with Crippen LogP contribution in [-0.4, -0.2) is 37.9 Å². The molecular formula is C23H24Cl2N4O3S. The van der Waals surface area contributed by atoms with Crippen molar-refractivity contribution in [2.24, 2.45) is 5.10 Å². The number of aromatic nitrogens is 1. The fraction of sp³-hybridized carbons (Fsp3) is 0.217. The SMILES string of the molecule is Cc1ccc(N(CC(=O)N/N=C\c2cc(C)n(-c3ccc(Cl)cc3)c2C)S(C)(=O)=O)cc1Cl. The molecule has 1 amide bonds. The molecule has 0 bridgehead atoms. The summed E-state index contributed by atoms with van der Waals surface area (Å²) in [6, 6.07) is 14.2. The highest BCUT2D eigenvalue weighted by Crippen LogP contribution is 2.25. The van der Waals surface area contributed by atoms with Crippen molar-refractivity contribution in [1.29, 1.82) is 0 Å². The van der Waals surface area contributed by atoms with E-state index in [2.05, 4.69) is 10.5 Å². The first-order valence-electron chi connectivity index (χ1n) is 9.98. The van der Waals surface area contributed by atoms with Crippen LogP contribution in [0.15, 0.2) is 53.6 Å². The summed E-state index contributed by atoms with van der Waals surface area (Å²) in [6.07, 6.45) is 2.56. The Morgan fingerprint density at radius 3 is 2.36 bits per heavy atom. The number of nitrogens with zero attached hydrogens (tertiary/aromatic N) is 3. The predicted molar refractivity (Wildman–Crippen MR) is 134 cm³/mol. The first-order valence-corrected chi connectivity index (χ1v) is 12.6. The number of carbonyl (C=O) groups is 1. The molecule has 2 aromatic carbocycles. The van der Waals surface area contributed by atoms with Crippen molar-refractivity contribution >= 4 is 51.0 Å². The van der Waals surface area contributed by atoms with Crippen LogP contribution >= 0.6 is 23.2 Å². The minimum atomic E-state index is -3.71. The van der Waals surface area contributed by atoms with Crippen LogP contribution in [0.25, 0.3) is 5.69 Å².